The number of rotatable bonds is 2. The Balaban J connectivity index is 1.31. The number of fused-ring (bicyclic) bond motifs is 2. The van der Waals surface area contributed by atoms with Gasteiger partial charge in [0.1, 0.15) is 24.5 Å². The van der Waals surface area contributed by atoms with Gasteiger partial charge in [-0.25, -0.2) is 9.37 Å². The Morgan fingerprint density at radius 3 is 2.86 bits per heavy atom. The summed E-state index contributed by atoms with van der Waals surface area (Å²) in [6.45, 7) is 1.81. The Labute approximate surface area is 166 Å². The van der Waals surface area contributed by atoms with Crippen LogP contribution in [-0.4, -0.2) is 67.3 Å². The molecule has 3 aromatic rings. The van der Waals surface area contributed by atoms with Gasteiger partial charge in [-0.1, -0.05) is 0 Å². The Bertz CT molecular complexity index is 1050. The van der Waals surface area contributed by atoms with Gasteiger partial charge in [-0.3, -0.25) is 9.78 Å². The van der Waals surface area contributed by atoms with Crippen LogP contribution in [0.5, 0.6) is 5.75 Å². The van der Waals surface area contributed by atoms with Crippen LogP contribution in [0, 0.1) is 0 Å². The van der Waals surface area contributed by atoms with E-state index in [1.807, 2.05) is 11.0 Å². The minimum Gasteiger partial charge on any atom is -0.491 e. The zero-order valence-electron chi connectivity index (χ0n) is 15.7. The highest BCUT2D eigenvalue weighted by atomic mass is 19.1. The van der Waals surface area contributed by atoms with E-state index in [9.17, 15) is 4.79 Å². The van der Waals surface area contributed by atoms with E-state index in [4.69, 9.17) is 4.74 Å². The summed E-state index contributed by atoms with van der Waals surface area (Å²) in [5, 5.41) is 4.18. The first-order chi connectivity index (χ1) is 14.1. The molecule has 1 fully saturated rings. The standard InChI is InChI=1S/C19H20FN7O2/c20-19(17(28)26-9-10-29-15-1-5-21-11-14(15)12-26)3-7-25(8-4-19)16-2-6-22-18-23-13-24-27(16)18/h1-2,5-6,11,13H,3-4,7-10,12H2. The average molecular weight is 397 g/mol. The predicted octanol–water partition coefficient (Wildman–Crippen LogP) is 1.25. The molecule has 1 saturated heterocycles. The largest absolute Gasteiger partial charge is 0.491 e. The number of nitrogens with zero attached hydrogens (tertiary/aromatic N) is 7. The summed E-state index contributed by atoms with van der Waals surface area (Å²) < 4.78 is 23.0. The van der Waals surface area contributed by atoms with E-state index < -0.39 is 11.6 Å². The zero-order chi connectivity index (χ0) is 19.8. The number of ether oxygens (including phenoxy) is 1. The number of pyridine rings is 1. The van der Waals surface area contributed by atoms with E-state index in [2.05, 4.69) is 20.1 Å². The maximum absolute atomic E-state index is 15.7. The summed E-state index contributed by atoms with van der Waals surface area (Å²) >= 11 is 0. The normalized spacial score (nSPS) is 18.8. The molecule has 2 aliphatic rings. The van der Waals surface area contributed by atoms with Crippen molar-refractivity contribution < 1.29 is 13.9 Å². The number of hydrogen-bond donors (Lipinski definition) is 0. The molecular weight excluding hydrogens is 377 g/mol. The third-order valence-corrected chi connectivity index (χ3v) is 5.55. The number of halogens is 1. The third kappa shape index (κ3) is 3.14. The van der Waals surface area contributed by atoms with Crippen molar-refractivity contribution in [1.29, 1.82) is 0 Å². The van der Waals surface area contributed by atoms with E-state index in [1.165, 1.54) is 6.33 Å². The summed E-state index contributed by atoms with van der Waals surface area (Å²) in [7, 11) is 0. The molecule has 0 radical (unpaired) electrons. The van der Waals surface area contributed by atoms with Crippen LogP contribution in [0.1, 0.15) is 18.4 Å². The highest BCUT2D eigenvalue weighted by Crippen LogP contribution is 2.32. The minimum atomic E-state index is -1.89. The van der Waals surface area contributed by atoms with E-state index in [-0.39, 0.29) is 12.8 Å². The van der Waals surface area contributed by atoms with Gasteiger partial charge >= 0.3 is 0 Å². The van der Waals surface area contributed by atoms with Crippen molar-refractivity contribution >= 4 is 17.5 Å². The highest BCUT2D eigenvalue weighted by Gasteiger charge is 2.45. The first-order valence-electron chi connectivity index (χ1n) is 9.58. The topological polar surface area (TPSA) is 88.8 Å². The molecule has 9 nitrogen and oxygen atoms in total. The monoisotopic (exact) mass is 397 g/mol. The molecule has 2 aliphatic heterocycles. The Kier molecular flexibility index (Phi) is 4.26. The van der Waals surface area contributed by atoms with Gasteiger partial charge < -0.3 is 14.5 Å². The lowest BCUT2D eigenvalue weighted by atomic mass is 9.91. The molecule has 5 heterocycles. The average Bonchev–Trinajstić information content (AvgIpc) is 3.13. The molecule has 29 heavy (non-hydrogen) atoms. The fourth-order valence-electron chi connectivity index (χ4n) is 3.95. The molecule has 0 N–H and O–H groups in total. The van der Waals surface area contributed by atoms with Crippen LogP contribution >= 0.6 is 0 Å². The van der Waals surface area contributed by atoms with E-state index >= 15 is 4.39 Å². The van der Waals surface area contributed by atoms with Crippen LogP contribution < -0.4 is 9.64 Å². The van der Waals surface area contributed by atoms with Gasteiger partial charge in [0.25, 0.3) is 11.7 Å². The van der Waals surface area contributed by atoms with Gasteiger partial charge in [-0.2, -0.15) is 14.6 Å². The fourth-order valence-corrected chi connectivity index (χ4v) is 3.95. The van der Waals surface area contributed by atoms with Crippen LogP contribution in [0.2, 0.25) is 0 Å². The number of alkyl halides is 1. The van der Waals surface area contributed by atoms with Crippen molar-refractivity contribution in [3.05, 3.63) is 42.6 Å². The number of anilines is 1. The number of piperidine rings is 1. The van der Waals surface area contributed by atoms with Gasteiger partial charge in [0.2, 0.25) is 0 Å². The molecule has 0 aromatic carbocycles. The van der Waals surface area contributed by atoms with E-state index in [1.54, 1.807) is 34.1 Å². The molecular formula is C19H20FN7O2. The van der Waals surface area contributed by atoms with Gasteiger partial charge in [-0.05, 0) is 12.1 Å². The summed E-state index contributed by atoms with van der Waals surface area (Å²) in [6, 6.07) is 3.59. The number of carbonyl (C=O) groups excluding carboxylic acids is 1. The SMILES string of the molecule is O=C(N1CCOc2ccncc2C1)C1(F)CCN(c2ccnc3ncnn23)CC1. The second kappa shape index (κ2) is 6.94. The predicted molar refractivity (Wildman–Crippen MR) is 101 cm³/mol. The number of carbonyl (C=O) groups is 1. The molecule has 0 bridgehead atoms. The summed E-state index contributed by atoms with van der Waals surface area (Å²) in [5.41, 5.74) is -1.10. The Morgan fingerprint density at radius 2 is 2.00 bits per heavy atom. The van der Waals surface area contributed by atoms with Crippen LogP contribution in [0.4, 0.5) is 10.2 Å². The fraction of sp³-hybridized carbons (Fsp3) is 0.421. The third-order valence-electron chi connectivity index (χ3n) is 5.55. The maximum Gasteiger partial charge on any atom is 0.260 e. The summed E-state index contributed by atoms with van der Waals surface area (Å²) in [5.74, 6) is 1.52. The molecule has 10 heteroatoms. The lowest BCUT2D eigenvalue weighted by Gasteiger charge is -2.38. The van der Waals surface area contributed by atoms with Crippen LogP contribution in [0.3, 0.4) is 0 Å². The van der Waals surface area contributed by atoms with Gasteiger partial charge in [-0.15, -0.1) is 0 Å². The molecule has 1 amide bonds. The zero-order valence-corrected chi connectivity index (χ0v) is 15.7. The molecule has 150 valence electrons. The van der Waals surface area contributed by atoms with Crippen molar-refractivity contribution in [2.75, 3.05) is 31.1 Å². The molecule has 0 aliphatic carbocycles. The molecule has 0 saturated carbocycles. The molecule has 0 unspecified atom stereocenters. The van der Waals surface area contributed by atoms with Crippen molar-refractivity contribution in [3.63, 3.8) is 0 Å². The summed E-state index contributed by atoms with van der Waals surface area (Å²) in [4.78, 5) is 29.0. The van der Waals surface area contributed by atoms with Crippen LogP contribution in [0.25, 0.3) is 5.78 Å². The van der Waals surface area contributed by atoms with Gasteiger partial charge in [0.05, 0.1) is 13.1 Å². The number of amides is 1. The first-order valence-corrected chi connectivity index (χ1v) is 9.58. The molecule has 0 spiro atoms. The number of hydrogen-bond acceptors (Lipinski definition) is 7. The van der Waals surface area contributed by atoms with Crippen molar-refractivity contribution in [3.8, 4) is 5.75 Å². The summed E-state index contributed by atoms with van der Waals surface area (Å²) in [6.07, 6.45) is 6.63. The lowest BCUT2D eigenvalue weighted by Crippen LogP contribution is -2.53. The van der Waals surface area contributed by atoms with Gasteiger partial charge in [0.15, 0.2) is 5.67 Å². The van der Waals surface area contributed by atoms with Crippen molar-refractivity contribution in [1.82, 2.24) is 29.5 Å². The second-order valence-electron chi connectivity index (χ2n) is 7.29. The smallest absolute Gasteiger partial charge is 0.260 e. The quantitative estimate of drug-likeness (QED) is 0.643. The maximum atomic E-state index is 15.7. The van der Waals surface area contributed by atoms with E-state index in [0.717, 1.165) is 11.4 Å². The Morgan fingerprint density at radius 1 is 1.14 bits per heavy atom. The highest BCUT2D eigenvalue weighted by molar-refractivity contribution is 5.85. The molecule has 5 rings (SSSR count). The van der Waals surface area contributed by atoms with Gasteiger partial charge in [0, 0.05) is 50.1 Å². The molecule has 3 aromatic heterocycles. The minimum absolute atomic E-state index is 0.113. The Hall–Kier alpha value is -3.30. The van der Waals surface area contributed by atoms with Crippen LogP contribution in [0.15, 0.2) is 37.1 Å². The molecule has 0 atom stereocenters. The van der Waals surface area contributed by atoms with E-state index in [0.29, 0.717) is 44.3 Å². The van der Waals surface area contributed by atoms with Crippen molar-refractivity contribution in [2.45, 2.75) is 25.1 Å². The van der Waals surface area contributed by atoms with Crippen LogP contribution in [-0.2, 0) is 11.3 Å². The lowest BCUT2D eigenvalue weighted by molar-refractivity contribution is -0.146. The second-order valence-corrected chi connectivity index (χ2v) is 7.29. The number of aromatic nitrogens is 5. The first kappa shape index (κ1) is 17.8. The van der Waals surface area contributed by atoms with Crippen molar-refractivity contribution in [2.24, 2.45) is 0 Å².